The van der Waals surface area contributed by atoms with Crippen molar-refractivity contribution in [1.29, 1.82) is 0 Å². The van der Waals surface area contributed by atoms with Gasteiger partial charge < -0.3 is 10.1 Å². The summed E-state index contributed by atoms with van der Waals surface area (Å²) in [4.78, 5) is 37.9. The second-order valence-corrected chi connectivity index (χ2v) is 6.99. The van der Waals surface area contributed by atoms with Gasteiger partial charge in [-0.25, -0.2) is 9.29 Å². The molecule has 1 N–H and O–H groups in total. The molecule has 0 bridgehead atoms. The van der Waals surface area contributed by atoms with Crippen molar-refractivity contribution in [3.05, 3.63) is 54.3 Å². The van der Waals surface area contributed by atoms with Crippen molar-refractivity contribution in [2.24, 2.45) is 0 Å². The zero-order valence-corrected chi connectivity index (χ0v) is 15.3. The molecule has 27 heavy (non-hydrogen) atoms. The van der Waals surface area contributed by atoms with Gasteiger partial charge in [-0.15, -0.1) is 11.8 Å². The van der Waals surface area contributed by atoms with Gasteiger partial charge in [-0.3, -0.25) is 14.4 Å². The van der Waals surface area contributed by atoms with E-state index in [0.29, 0.717) is 11.4 Å². The first-order valence-corrected chi connectivity index (χ1v) is 9.21. The molecule has 0 spiro atoms. The number of carbonyl (C=O) groups excluding carboxylic acids is 3. The third-order valence-corrected chi connectivity index (χ3v) is 5.20. The maximum atomic E-state index is 13.6. The van der Waals surface area contributed by atoms with Crippen LogP contribution in [0.3, 0.4) is 0 Å². The summed E-state index contributed by atoms with van der Waals surface area (Å²) < 4.78 is 18.6. The lowest BCUT2D eigenvalue weighted by Crippen LogP contribution is -2.31. The van der Waals surface area contributed by atoms with Crippen molar-refractivity contribution < 1.29 is 23.5 Å². The molecule has 3 rings (SSSR count). The van der Waals surface area contributed by atoms with Gasteiger partial charge in [0.25, 0.3) is 0 Å². The Bertz CT molecular complexity index is 872. The van der Waals surface area contributed by atoms with Gasteiger partial charge in [0.05, 0.1) is 29.5 Å². The molecular formula is C19H17FN2O4S. The molecule has 6 nitrogen and oxygen atoms in total. The van der Waals surface area contributed by atoms with Crippen molar-refractivity contribution in [3.8, 4) is 5.75 Å². The molecule has 0 aliphatic carbocycles. The highest BCUT2D eigenvalue weighted by molar-refractivity contribution is 8.01. The first-order valence-electron chi connectivity index (χ1n) is 8.16. The molecule has 1 aliphatic heterocycles. The molecule has 8 heteroatoms. The molecule has 1 heterocycles. The number of halogens is 1. The third kappa shape index (κ3) is 4.28. The number of imide groups is 1. The lowest BCUT2D eigenvalue weighted by molar-refractivity contribution is -0.121. The smallest absolute Gasteiger partial charge is 0.247 e. The predicted octanol–water partition coefficient (Wildman–Crippen LogP) is 2.84. The summed E-state index contributed by atoms with van der Waals surface area (Å²) >= 11 is 1.06. The zero-order chi connectivity index (χ0) is 19.4. The van der Waals surface area contributed by atoms with E-state index in [1.807, 2.05) is 0 Å². The summed E-state index contributed by atoms with van der Waals surface area (Å²) in [5, 5.41) is 1.81. The lowest BCUT2D eigenvalue weighted by Gasteiger charge is -2.15. The fraction of sp³-hybridized carbons (Fsp3) is 0.211. The Kier molecular flexibility index (Phi) is 5.75. The second-order valence-electron chi connectivity index (χ2n) is 5.80. The van der Waals surface area contributed by atoms with Crippen LogP contribution < -0.4 is 15.0 Å². The van der Waals surface area contributed by atoms with E-state index in [1.54, 1.807) is 30.3 Å². The van der Waals surface area contributed by atoms with Gasteiger partial charge in [0.2, 0.25) is 17.7 Å². The Labute approximate surface area is 159 Å². The van der Waals surface area contributed by atoms with Crippen LogP contribution in [0.25, 0.3) is 0 Å². The van der Waals surface area contributed by atoms with Crippen LogP contribution in [0.5, 0.6) is 5.75 Å². The van der Waals surface area contributed by atoms with E-state index in [0.717, 1.165) is 16.7 Å². The zero-order valence-electron chi connectivity index (χ0n) is 14.5. The molecule has 1 fully saturated rings. The molecule has 1 atom stereocenters. The van der Waals surface area contributed by atoms with Gasteiger partial charge in [0.15, 0.2) is 0 Å². The molecule has 1 saturated heterocycles. The number of ether oxygens (including phenoxy) is 1. The molecule has 1 unspecified atom stereocenters. The van der Waals surface area contributed by atoms with Crippen molar-refractivity contribution >= 4 is 40.9 Å². The van der Waals surface area contributed by atoms with E-state index >= 15 is 0 Å². The van der Waals surface area contributed by atoms with Gasteiger partial charge in [0.1, 0.15) is 11.6 Å². The quantitative estimate of drug-likeness (QED) is 0.770. The van der Waals surface area contributed by atoms with Crippen LogP contribution >= 0.6 is 11.8 Å². The number of hydrogen-bond donors (Lipinski definition) is 1. The van der Waals surface area contributed by atoms with E-state index in [-0.39, 0.29) is 29.7 Å². The van der Waals surface area contributed by atoms with Crippen LogP contribution in [-0.2, 0) is 14.4 Å². The monoisotopic (exact) mass is 388 g/mol. The highest BCUT2D eigenvalue weighted by Gasteiger charge is 2.40. The molecule has 3 amide bonds. The van der Waals surface area contributed by atoms with Gasteiger partial charge in [-0.2, -0.15) is 0 Å². The molecule has 0 aromatic heterocycles. The SMILES string of the molecule is COc1ccc(N2C(=O)CC(SCC(=O)Nc3ccccc3F)C2=O)cc1. The average Bonchev–Trinajstić information content (AvgIpc) is 2.95. The Morgan fingerprint density at radius 2 is 1.93 bits per heavy atom. The lowest BCUT2D eigenvalue weighted by atomic mass is 10.3. The molecule has 140 valence electrons. The van der Waals surface area contributed by atoms with Gasteiger partial charge >= 0.3 is 0 Å². The Morgan fingerprint density at radius 1 is 1.22 bits per heavy atom. The summed E-state index contributed by atoms with van der Waals surface area (Å²) in [6, 6.07) is 12.4. The number of amides is 3. The largest absolute Gasteiger partial charge is 0.497 e. The number of nitrogens with one attached hydrogen (secondary N) is 1. The summed E-state index contributed by atoms with van der Waals surface area (Å²) in [5.74, 6) is -1.10. The number of benzene rings is 2. The van der Waals surface area contributed by atoms with Crippen LogP contribution in [0.15, 0.2) is 48.5 Å². The van der Waals surface area contributed by atoms with E-state index in [4.69, 9.17) is 4.74 Å². The maximum absolute atomic E-state index is 13.6. The Balaban J connectivity index is 1.59. The summed E-state index contributed by atoms with van der Waals surface area (Å²) in [6.07, 6.45) is 0.0164. The van der Waals surface area contributed by atoms with Crippen LogP contribution in [-0.4, -0.2) is 35.8 Å². The van der Waals surface area contributed by atoms with Crippen molar-refractivity contribution in [2.75, 3.05) is 23.1 Å². The number of anilines is 2. The Morgan fingerprint density at radius 3 is 2.59 bits per heavy atom. The van der Waals surface area contributed by atoms with Crippen molar-refractivity contribution in [1.82, 2.24) is 0 Å². The minimum atomic E-state index is -0.647. The predicted molar refractivity (Wildman–Crippen MR) is 101 cm³/mol. The molecule has 0 saturated carbocycles. The number of methoxy groups -OCH3 is 1. The van der Waals surface area contributed by atoms with Crippen LogP contribution in [0, 0.1) is 5.82 Å². The second kappa shape index (κ2) is 8.22. The number of para-hydroxylation sites is 1. The molecule has 2 aromatic carbocycles. The van der Waals surface area contributed by atoms with Crippen LogP contribution in [0.2, 0.25) is 0 Å². The summed E-state index contributed by atoms with van der Waals surface area (Å²) in [6.45, 7) is 0. The number of rotatable bonds is 6. The first-order chi connectivity index (χ1) is 13.0. The number of carbonyl (C=O) groups is 3. The number of hydrogen-bond acceptors (Lipinski definition) is 5. The standard InChI is InChI=1S/C19H17FN2O4S/c1-26-13-8-6-12(7-9-13)22-18(24)10-16(19(22)25)27-11-17(23)21-15-5-3-2-4-14(15)20/h2-9,16H,10-11H2,1H3,(H,21,23). The summed E-state index contributed by atoms with van der Waals surface area (Å²) in [7, 11) is 1.53. The minimum Gasteiger partial charge on any atom is -0.497 e. The number of thioether (sulfide) groups is 1. The third-order valence-electron chi connectivity index (χ3n) is 4.00. The van der Waals surface area contributed by atoms with E-state index in [2.05, 4.69) is 5.32 Å². The topological polar surface area (TPSA) is 75.7 Å². The van der Waals surface area contributed by atoms with Crippen LogP contribution in [0.4, 0.5) is 15.8 Å². The highest BCUT2D eigenvalue weighted by Crippen LogP contribution is 2.30. The fourth-order valence-electron chi connectivity index (χ4n) is 2.66. The van der Waals surface area contributed by atoms with Crippen molar-refractivity contribution in [2.45, 2.75) is 11.7 Å². The van der Waals surface area contributed by atoms with Gasteiger partial charge in [0, 0.05) is 6.42 Å². The molecule has 2 aromatic rings. The fourth-order valence-corrected chi connectivity index (χ4v) is 3.60. The Hall–Kier alpha value is -2.87. The maximum Gasteiger partial charge on any atom is 0.247 e. The highest BCUT2D eigenvalue weighted by atomic mass is 32.2. The van der Waals surface area contributed by atoms with Crippen molar-refractivity contribution in [3.63, 3.8) is 0 Å². The van der Waals surface area contributed by atoms with E-state index in [9.17, 15) is 18.8 Å². The number of nitrogens with zero attached hydrogens (tertiary/aromatic N) is 1. The normalized spacial score (nSPS) is 16.5. The van der Waals surface area contributed by atoms with Gasteiger partial charge in [-0.05, 0) is 36.4 Å². The summed E-state index contributed by atoms with van der Waals surface area (Å²) in [5.41, 5.74) is 0.543. The first kappa shape index (κ1) is 18.9. The molecule has 1 aliphatic rings. The molecular weight excluding hydrogens is 371 g/mol. The average molecular weight is 388 g/mol. The van der Waals surface area contributed by atoms with E-state index < -0.39 is 17.0 Å². The van der Waals surface area contributed by atoms with Crippen LogP contribution in [0.1, 0.15) is 6.42 Å². The molecule has 0 radical (unpaired) electrons. The van der Waals surface area contributed by atoms with Gasteiger partial charge in [-0.1, -0.05) is 12.1 Å². The minimum absolute atomic E-state index is 0.0164. The van der Waals surface area contributed by atoms with E-state index in [1.165, 1.54) is 25.3 Å².